The van der Waals surface area contributed by atoms with Gasteiger partial charge in [0.15, 0.2) is 6.61 Å². The molecule has 11 nitrogen and oxygen atoms in total. The molecule has 1 N–H and O–H groups in total. The van der Waals surface area contributed by atoms with Crippen molar-refractivity contribution in [2.75, 3.05) is 23.9 Å². The van der Waals surface area contributed by atoms with Crippen LogP contribution >= 0.6 is 0 Å². The first-order chi connectivity index (χ1) is 21.8. The number of nitrogens with one attached hydrogen (secondary N) is 1. The summed E-state index contributed by atoms with van der Waals surface area (Å²) in [6.07, 6.45) is 0. The van der Waals surface area contributed by atoms with E-state index in [-0.39, 0.29) is 52.0 Å². The number of hydrogen-bond acceptors (Lipinski definition) is 8. The van der Waals surface area contributed by atoms with Gasteiger partial charge in [0.05, 0.1) is 35.1 Å². The zero-order valence-corrected chi connectivity index (χ0v) is 23.8. The summed E-state index contributed by atoms with van der Waals surface area (Å²) in [7, 11) is 1.38. The standard InChI is InChI=1S/C34H25N3O8/c1-44-20-13-14-26(37(42)43)25(16-20)35-27(38)17-45-34(41)18-7-6-8-19(15-18)36-32(39)30-28-21-9-2-3-10-22(21)29(31(30)33(36)40)24-12-5-4-11-23(24)28/h2-16,28-31H,17H2,1H3,(H,35,38)/t28?,29?,30-,31-/m0/s1. The second kappa shape index (κ2) is 10.7. The van der Waals surface area contributed by atoms with Crippen molar-refractivity contribution in [1.82, 2.24) is 0 Å². The van der Waals surface area contributed by atoms with Crippen molar-refractivity contribution in [3.8, 4) is 5.75 Å². The third kappa shape index (κ3) is 4.43. The fraction of sp³-hybridized carbons (Fsp3) is 0.176. The molecule has 2 atom stereocenters. The Hall–Kier alpha value is -5.84. The van der Waals surface area contributed by atoms with E-state index in [0.29, 0.717) is 0 Å². The average molecular weight is 604 g/mol. The SMILES string of the molecule is COc1ccc([N+](=O)[O-])c(NC(=O)COC(=O)c2cccc(N3C(=O)[C@H]4C5c6ccccc6C(c6ccccc65)[C@@H]4C3=O)c2)c1. The third-order valence-electron chi connectivity index (χ3n) is 8.80. The number of carbonyl (C=O) groups excluding carboxylic acids is 4. The lowest BCUT2D eigenvalue weighted by molar-refractivity contribution is -0.383. The normalized spacial score (nSPS) is 20.6. The first-order valence-corrected chi connectivity index (χ1v) is 14.2. The number of ether oxygens (including phenoxy) is 2. The molecule has 45 heavy (non-hydrogen) atoms. The highest BCUT2D eigenvalue weighted by Crippen LogP contribution is 2.61. The van der Waals surface area contributed by atoms with Gasteiger partial charge in [-0.3, -0.25) is 24.5 Å². The molecule has 2 bridgehead atoms. The number of benzene rings is 4. The first-order valence-electron chi connectivity index (χ1n) is 14.2. The minimum Gasteiger partial charge on any atom is -0.497 e. The van der Waals surface area contributed by atoms with Crippen molar-refractivity contribution < 1.29 is 33.6 Å². The number of carbonyl (C=O) groups is 4. The number of nitrogens with zero attached hydrogens (tertiary/aromatic N) is 2. The molecule has 0 radical (unpaired) electrons. The molecular formula is C34H25N3O8. The van der Waals surface area contributed by atoms with Crippen LogP contribution in [0.3, 0.4) is 0 Å². The molecule has 8 rings (SSSR count). The van der Waals surface area contributed by atoms with Gasteiger partial charge in [0.25, 0.3) is 11.6 Å². The van der Waals surface area contributed by atoms with Crippen LogP contribution in [0, 0.1) is 22.0 Å². The summed E-state index contributed by atoms with van der Waals surface area (Å²) in [5, 5.41) is 13.7. The summed E-state index contributed by atoms with van der Waals surface area (Å²) >= 11 is 0. The van der Waals surface area contributed by atoms with Crippen molar-refractivity contribution in [3.63, 3.8) is 0 Å². The molecule has 0 aromatic heterocycles. The molecule has 0 saturated carbocycles. The molecule has 3 amide bonds. The van der Waals surface area contributed by atoms with Gasteiger partial charge in [-0.05, 0) is 46.5 Å². The molecule has 4 aliphatic rings. The van der Waals surface area contributed by atoms with Crippen LogP contribution < -0.4 is 15.0 Å². The number of rotatable bonds is 7. The Labute approximate surface area is 256 Å². The van der Waals surface area contributed by atoms with E-state index in [1.807, 2.05) is 48.5 Å². The Bertz CT molecular complexity index is 1820. The molecule has 224 valence electrons. The molecule has 3 aliphatic carbocycles. The van der Waals surface area contributed by atoms with Crippen LogP contribution in [-0.2, 0) is 19.1 Å². The van der Waals surface area contributed by atoms with Crippen LogP contribution in [0.5, 0.6) is 5.75 Å². The van der Waals surface area contributed by atoms with E-state index >= 15 is 0 Å². The second-order valence-corrected chi connectivity index (χ2v) is 11.1. The smallest absolute Gasteiger partial charge is 0.338 e. The molecule has 1 fully saturated rings. The maximum absolute atomic E-state index is 14.0. The van der Waals surface area contributed by atoms with Crippen LogP contribution in [-0.4, -0.2) is 42.3 Å². The van der Waals surface area contributed by atoms with Crippen LogP contribution in [0.4, 0.5) is 17.1 Å². The number of amides is 3. The number of nitro groups is 1. The molecule has 1 aliphatic heterocycles. The lowest BCUT2D eigenvalue weighted by Crippen LogP contribution is -2.41. The summed E-state index contributed by atoms with van der Waals surface area (Å²) in [5.41, 5.74) is 4.01. The highest BCUT2D eigenvalue weighted by molar-refractivity contribution is 6.23. The van der Waals surface area contributed by atoms with E-state index in [1.165, 1.54) is 48.4 Å². The number of esters is 1. The van der Waals surface area contributed by atoms with Gasteiger partial charge >= 0.3 is 5.97 Å². The Morgan fingerprint density at radius 1 is 0.822 bits per heavy atom. The monoisotopic (exact) mass is 603 g/mol. The predicted octanol–water partition coefficient (Wildman–Crippen LogP) is 4.80. The lowest BCUT2D eigenvalue weighted by Gasteiger charge is -2.45. The number of nitro benzene ring substituents is 1. The molecule has 11 heteroatoms. The topological polar surface area (TPSA) is 145 Å². The summed E-state index contributed by atoms with van der Waals surface area (Å²) in [6, 6.07) is 25.7. The molecule has 1 saturated heterocycles. The number of imide groups is 1. The number of anilines is 2. The molecule has 4 aromatic carbocycles. The van der Waals surface area contributed by atoms with Crippen LogP contribution in [0.25, 0.3) is 0 Å². The lowest BCUT2D eigenvalue weighted by atomic mass is 9.55. The molecule has 1 heterocycles. The van der Waals surface area contributed by atoms with E-state index in [1.54, 1.807) is 6.07 Å². The Kier molecular flexibility index (Phi) is 6.65. The fourth-order valence-electron chi connectivity index (χ4n) is 7.01. The average Bonchev–Trinajstić information content (AvgIpc) is 3.33. The van der Waals surface area contributed by atoms with Gasteiger partial charge in [-0.15, -0.1) is 0 Å². The zero-order chi connectivity index (χ0) is 31.4. The summed E-state index contributed by atoms with van der Waals surface area (Å²) in [4.78, 5) is 65.4. The maximum atomic E-state index is 14.0. The second-order valence-electron chi connectivity index (χ2n) is 11.1. The summed E-state index contributed by atoms with van der Waals surface area (Å²) < 4.78 is 10.2. The minimum atomic E-state index is -0.872. The first kappa shape index (κ1) is 28.0. The van der Waals surface area contributed by atoms with Crippen LogP contribution in [0.1, 0.15) is 44.4 Å². The summed E-state index contributed by atoms with van der Waals surface area (Å²) in [6.45, 7) is -0.733. The number of hydrogen-bond donors (Lipinski definition) is 1. The van der Waals surface area contributed by atoms with Crippen molar-refractivity contribution in [1.29, 1.82) is 0 Å². The van der Waals surface area contributed by atoms with Crippen LogP contribution in [0.15, 0.2) is 91.0 Å². The predicted molar refractivity (Wildman–Crippen MR) is 161 cm³/mol. The minimum absolute atomic E-state index is 0.0256. The molecule has 0 spiro atoms. The molecule has 4 aromatic rings. The molecular weight excluding hydrogens is 578 g/mol. The van der Waals surface area contributed by atoms with Gasteiger partial charge in [0.2, 0.25) is 11.8 Å². The van der Waals surface area contributed by atoms with Crippen molar-refractivity contribution in [2.24, 2.45) is 11.8 Å². The maximum Gasteiger partial charge on any atom is 0.338 e. The largest absolute Gasteiger partial charge is 0.497 e. The highest BCUT2D eigenvalue weighted by atomic mass is 16.6. The number of methoxy groups -OCH3 is 1. The van der Waals surface area contributed by atoms with Gasteiger partial charge in [-0.2, -0.15) is 0 Å². The van der Waals surface area contributed by atoms with Gasteiger partial charge in [0.1, 0.15) is 11.4 Å². The van der Waals surface area contributed by atoms with Gasteiger partial charge < -0.3 is 14.8 Å². The zero-order valence-electron chi connectivity index (χ0n) is 23.8. The van der Waals surface area contributed by atoms with Crippen molar-refractivity contribution >= 4 is 40.8 Å². The van der Waals surface area contributed by atoms with E-state index in [0.717, 1.165) is 22.3 Å². The van der Waals surface area contributed by atoms with Gasteiger partial charge in [-0.1, -0.05) is 54.6 Å². The summed E-state index contributed by atoms with van der Waals surface area (Å²) in [5.74, 6) is -3.72. The van der Waals surface area contributed by atoms with Crippen LogP contribution in [0.2, 0.25) is 0 Å². The van der Waals surface area contributed by atoms with E-state index in [9.17, 15) is 29.3 Å². The quantitative estimate of drug-likeness (QED) is 0.137. The Balaban J connectivity index is 1.11. The van der Waals surface area contributed by atoms with Gasteiger partial charge in [0, 0.05) is 24.0 Å². The Morgan fingerprint density at radius 2 is 1.40 bits per heavy atom. The third-order valence-corrected chi connectivity index (χ3v) is 8.80. The highest BCUT2D eigenvalue weighted by Gasteiger charge is 2.61. The van der Waals surface area contributed by atoms with Crippen molar-refractivity contribution in [3.05, 3.63) is 129 Å². The molecule has 0 unspecified atom stereocenters. The van der Waals surface area contributed by atoms with E-state index < -0.39 is 35.2 Å². The van der Waals surface area contributed by atoms with E-state index in [2.05, 4.69) is 5.32 Å². The Morgan fingerprint density at radius 3 is 1.93 bits per heavy atom. The van der Waals surface area contributed by atoms with Crippen molar-refractivity contribution in [2.45, 2.75) is 11.8 Å². The fourth-order valence-corrected chi connectivity index (χ4v) is 7.01. The van der Waals surface area contributed by atoms with Gasteiger partial charge in [-0.25, -0.2) is 9.69 Å². The van der Waals surface area contributed by atoms with E-state index in [4.69, 9.17) is 9.47 Å².